The van der Waals surface area contributed by atoms with Gasteiger partial charge in [-0.2, -0.15) is 0 Å². The van der Waals surface area contributed by atoms with Crippen molar-refractivity contribution in [1.29, 1.82) is 0 Å². The Bertz CT molecular complexity index is 567. The highest BCUT2D eigenvalue weighted by Gasteiger charge is 2.41. The van der Waals surface area contributed by atoms with Crippen molar-refractivity contribution in [2.24, 2.45) is 11.8 Å². The molecule has 0 radical (unpaired) electrons. The molecule has 0 saturated carbocycles. The number of carbonyl (C=O) groups excluding carboxylic acids is 1. The molecule has 4 nitrogen and oxygen atoms in total. The summed E-state index contributed by atoms with van der Waals surface area (Å²) in [7, 11) is -1.93. The van der Waals surface area contributed by atoms with Gasteiger partial charge in [-0.1, -0.05) is 34.6 Å². The molecular weight excluding hydrogens is 344 g/mol. The molecule has 0 spiro atoms. The fraction of sp³-hybridized carbons (Fsp3) is 0.762. The molecule has 0 unspecified atom stereocenters. The lowest BCUT2D eigenvalue weighted by atomic mass is 9.76. The number of allylic oxidation sites excluding steroid dienone is 1. The van der Waals surface area contributed by atoms with Gasteiger partial charge in [0.1, 0.15) is 5.76 Å². The van der Waals surface area contributed by atoms with Crippen LogP contribution in [0.25, 0.3) is 0 Å². The van der Waals surface area contributed by atoms with Crippen molar-refractivity contribution in [3.8, 4) is 0 Å². The molecule has 0 aromatic rings. The minimum atomic E-state index is -1.93. The molecule has 2 atom stereocenters. The van der Waals surface area contributed by atoms with E-state index in [1.807, 2.05) is 6.92 Å². The summed E-state index contributed by atoms with van der Waals surface area (Å²) in [6.45, 7) is 19.7. The third kappa shape index (κ3) is 5.71. The van der Waals surface area contributed by atoms with Crippen molar-refractivity contribution in [3.63, 3.8) is 0 Å². The van der Waals surface area contributed by atoms with Crippen molar-refractivity contribution < 1.29 is 19.1 Å². The van der Waals surface area contributed by atoms with E-state index in [9.17, 15) is 9.90 Å². The summed E-state index contributed by atoms with van der Waals surface area (Å²) >= 11 is 0. The SMILES string of the molecule is CCOC(=O)/C=C(\O)C1=C(C)[C@@H](O[Si](C)(C)C(C)(C)C)C[C@@H](C(C)C)C1. The van der Waals surface area contributed by atoms with E-state index in [1.54, 1.807) is 6.92 Å². The first-order valence-electron chi connectivity index (χ1n) is 9.75. The summed E-state index contributed by atoms with van der Waals surface area (Å²) in [5.41, 5.74) is 1.89. The largest absolute Gasteiger partial charge is 0.507 e. The first-order valence-corrected chi connectivity index (χ1v) is 12.7. The molecule has 1 aliphatic carbocycles. The van der Waals surface area contributed by atoms with Gasteiger partial charge in [-0.05, 0) is 67.8 Å². The van der Waals surface area contributed by atoms with Gasteiger partial charge < -0.3 is 14.3 Å². The maximum Gasteiger partial charge on any atom is 0.334 e. The fourth-order valence-electron chi connectivity index (χ4n) is 3.02. The van der Waals surface area contributed by atoms with E-state index < -0.39 is 14.3 Å². The van der Waals surface area contributed by atoms with E-state index in [4.69, 9.17) is 9.16 Å². The predicted octanol–water partition coefficient (Wildman–Crippen LogP) is 5.76. The van der Waals surface area contributed by atoms with Gasteiger partial charge in [0.15, 0.2) is 8.32 Å². The van der Waals surface area contributed by atoms with Crippen LogP contribution < -0.4 is 0 Å². The average Bonchev–Trinajstić information content (AvgIpc) is 2.47. The quantitative estimate of drug-likeness (QED) is 0.274. The number of esters is 1. The third-order valence-electron chi connectivity index (χ3n) is 5.98. The van der Waals surface area contributed by atoms with Crippen molar-refractivity contribution >= 4 is 14.3 Å². The van der Waals surface area contributed by atoms with Crippen molar-refractivity contribution in [1.82, 2.24) is 0 Å². The molecule has 0 bridgehead atoms. The normalized spacial score (nSPS) is 22.8. The molecule has 5 heteroatoms. The highest BCUT2D eigenvalue weighted by molar-refractivity contribution is 6.74. The van der Waals surface area contributed by atoms with Crippen molar-refractivity contribution in [2.75, 3.05) is 6.61 Å². The van der Waals surface area contributed by atoms with Crippen molar-refractivity contribution in [3.05, 3.63) is 23.0 Å². The molecule has 0 fully saturated rings. The number of hydrogen-bond acceptors (Lipinski definition) is 4. The highest BCUT2D eigenvalue weighted by Crippen LogP contribution is 2.43. The smallest absolute Gasteiger partial charge is 0.334 e. The monoisotopic (exact) mass is 382 g/mol. The van der Waals surface area contributed by atoms with Crippen LogP contribution in [0.15, 0.2) is 23.0 Å². The number of aliphatic hydroxyl groups is 1. The molecule has 0 amide bonds. The first kappa shape index (κ1) is 23.0. The van der Waals surface area contributed by atoms with Crippen LogP contribution in [-0.2, 0) is 14.0 Å². The first-order chi connectivity index (χ1) is 11.8. The minimum absolute atomic E-state index is 0.00946. The Balaban J connectivity index is 3.22. The van der Waals surface area contributed by atoms with Crippen molar-refractivity contribution in [2.45, 2.75) is 85.5 Å². The van der Waals surface area contributed by atoms with Crippen LogP contribution in [0.2, 0.25) is 18.1 Å². The summed E-state index contributed by atoms with van der Waals surface area (Å²) in [5.74, 6) is 0.425. The van der Waals surface area contributed by atoms with Gasteiger partial charge in [0.2, 0.25) is 0 Å². The molecule has 0 aromatic heterocycles. The Morgan fingerprint density at radius 3 is 2.38 bits per heavy atom. The molecule has 0 heterocycles. The van der Waals surface area contributed by atoms with Crippen LogP contribution in [0.3, 0.4) is 0 Å². The number of aliphatic hydroxyl groups excluding tert-OH is 1. The Kier molecular flexibility index (Phi) is 7.72. The zero-order chi connectivity index (χ0) is 20.3. The van der Waals surface area contributed by atoms with Gasteiger partial charge in [-0.15, -0.1) is 0 Å². The predicted molar refractivity (Wildman–Crippen MR) is 110 cm³/mol. The van der Waals surface area contributed by atoms with E-state index >= 15 is 0 Å². The van der Waals surface area contributed by atoms with E-state index in [0.717, 1.165) is 24.0 Å². The summed E-state index contributed by atoms with van der Waals surface area (Å²) in [5, 5.41) is 10.7. The topological polar surface area (TPSA) is 55.8 Å². The second-order valence-electron chi connectivity index (χ2n) is 9.25. The standard InChI is InChI=1S/C21H38O4Si/c1-10-24-20(23)13-18(22)17-11-16(14(2)3)12-19(15(17)4)25-26(8,9)21(5,6)7/h13-14,16,19,22H,10-12H2,1-9H3/b18-13-/t16-,19-/m0/s1. The van der Waals surface area contributed by atoms with Crippen LogP contribution in [0.1, 0.15) is 61.3 Å². The van der Waals surface area contributed by atoms with Crippen LogP contribution in [0, 0.1) is 11.8 Å². The summed E-state index contributed by atoms with van der Waals surface area (Å²) < 4.78 is 11.6. The van der Waals surface area contributed by atoms with Gasteiger partial charge in [0.05, 0.1) is 18.8 Å². The van der Waals surface area contributed by atoms with Crippen LogP contribution >= 0.6 is 0 Å². The Hall–Kier alpha value is -1.07. The second-order valence-corrected chi connectivity index (χ2v) is 14.0. The Morgan fingerprint density at radius 1 is 1.35 bits per heavy atom. The lowest BCUT2D eigenvalue weighted by Crippen LogP contribution is -2.45. The summed E-state index contributed by atoms with van der Waals surface area (Å²) in [6.07, 6.45) is 2.92. The maximum atomic E-state index is 11.8. The van der Waals surface area contributed by atoms with Crippen LogP contribution in [0.5, 0.6) is 0 Å². The zero-order valence-electron chi connectivity index (χ0n) is 18.1. The second kappa shape index (κ2) is 8.74. The van der Waals surface area contributed by atoms with Gasteiger partial charge in [-0.3, -0.25) is 0 Å². The van der Waals surface area contributed by atoms with E-state index in [-0.39, 0.29) is 16.9 Å². The molecule has 1 aliphatic rings. The zero-order valence-corrected chi connectivity index (χ0v) is 19.1. The molecule has 1 rings (SSSR count). The molecule has 26 heavy (non-hydrogen) atoms. The fourth-order valence-corrected chi connectivity index (χ4v) is 4.36. The molecule has 150 valence electrons. The Morgan fingerprint density at radius 2 is 1.92 bits per heavy atom. The number of rotatable bonds is 6. The maximum absolute atomic E-state index is 11.8. The van der Waals surface area contributed by atoms with E-state index in [1.165, 1.54) is 6.08 Å². The summed E-state index contributed by atoms with van der Waals surface area (Å²) in [4.78, 5) is 11.8. The molecular formula is C21H38O4Si. The molecule has 0 aliphatic heterocycles. The summed E-state index contributed by atoms with van der Waals surface area (Å²) in [6, 6.07) is 0. The third-order valence-corrected chi connectivity index (χ3v) is 10.5. The highest BCUT2D eigenvalue weighted by atomic mass is 28.4. The lowest BCUT2D eigenvalue weighted by molar-refractivity contribution is -0.137. The molecule has 1 N–H and O–H groups in total. The Labute approximate surface area is 160 Å². The average molecular weight is 383 g/mol. The number of carbonyl (C=O) groups is 1. The van der Waals surface area contributed by atoms with E-state index in [2.05, 4.69) is 47.7 Å². The van der Waals surface area contributed by atoms with Gasteiger partial charge >= 0.3 is 5.97 Å². The number of ether oxygens (including phenoxy) is 1. The van der Waals surface area contributed by atoms with Gasteiger partial charge in [0, 0.05) is 0 Å². The lowest BCUT2D eigenvalue weighted by Gasteiger charge is -2.43. The van der Waals surface area contributed by atoms with Crippen LogP contribution in [0.4, 0.5) is 0 Å². The van der Waals surface area contributed by atoms with Gasteiger partial charge in [-0.25, -0.2) is 4.79 Å². The minimum Gasteiger partial charge on any atom is -0.507 e. The molecule has 0 saturated heterocycles. The molecule has 0 aromatic carbocycles. The van der Waals surface area contributed by atoms with E-state index in [0.29, 0.717) is 18.4 Å². The number of hydrogen-bond donors (Lipinski definition) is 1. The van der Waals surface area contributed by atoms with Gasteiger partial charge in [0.25, 0.3) is 0 Å². The van der Waals surface area contributed by atoms with Crippen LogP contribution in [-0.4, -0.2) is 32.1 Å².